The van der Waals surface area contributed by atoms with E-state index in [0.717, 1.165) is 73.3 Å². The van der Waals surface area contributed by atoms with Crippen molar-refractivity contribution in [2.75, 3.05) is 0 Å². The number of fused-ring (bicyclic) bond motifs is 2. The van der Waals surface area contributed by atoms with Crippen molar-refractivity contribution in [3.8, 4) is 67.5 Å². The summed E-state index contributed by atoms with van der Waals surface area (Å²) in [6.45, 7) is 36.7. The zero-order valence-electron chi connectivity index (χ0n) is 45.6. The van der Waals surface area contributed by atoms with Gasteiger partial charge in [-0.15, -0.1) is 0 Å². The molecule has 0 bridgehead atoms. The second kappa shape index (κ2) is 17.5. The van der Waals surface area contributed by atoms with Crippen LogP contribution in [0, 0.1) is 0 Å². The SMILES string of the molecule is CC(C)(C)c1cc(-c2cc(-c3cccc4c3C(C)(C)CCCC4(C)C)ccn2)cc(-c2cccc3c2nc(-c2cc(C(C)(C)C)cc(C(C)(C)C)c2O)n3-c2ccc(C(C)(C)C)cc2-c2ccccc2)c1. The Hall–Kier alpha value is -6.26. The molecule has 71 heavy (non-hydrogen) atoms. The number of aromatic nitrogens is 3. The smallest absolute Gasteiger partial charge is 0.149 e. The van der Waals surface area contributed by atoms with E-state index in [2.05, 4.69) is 243 Å². The topological polar surface area (TPSA) is 50.9 Å². The number of nitrogens with zero attached hydrogens (tertiary/aromatic N) is 3. The first-order valence-electron chi connectivity index (χ1n) is 26.0. The quantitative estimate of drug-likeness (QED) is 0.169. The second-order valence-electron chi connectivity index (χ2n) is 26.0. The van der Waals surface area contributed by atoms with Crippen LogP contribution in [0.1, 0.15) is 163 Å². The Kier molecular flexibility index (Phi) is 12.3. The number of imidazole rings is 1. The highest BCUT2D eigenvalue weighted by Crippen LogP contribution is 2.49. The van der Waals surface area contributed by atoms with Crippen molar-refractivity contribution in [1.82, 2.24) is 14.5 Å². The van der Waals surface area contributed by atoms with Crippen molar-refractivity contribution in [2.45, 2.75) is 163 Å². The number of para-hydroxylation sites is 1. The van der Waals surface area contributed by atoms with Crippen molar-refractivity contribution >= 4 is 11.0 Å². The molecular formula is C67H77N3O. The molecule has 0 spiro atoms. The Labute approximate surface area is 425 Å². The van der Waals surface area contributed by atoms with Gasteiger partial charge in [0.2, 0.25) is 0 Å². The van der Waals surface area contributed by atoms with Gasteiger partial charge in [0.1, 0.15) is 11.6 Å². The summed E-state index contributed by atoms with van der Waals surface area (Å²) in [5.41, 5.74) is 19.3. The molecule has 0 amide bonds. The third-order valence-electron chi connectivity index (χ3n) is 15.4. The van der Waals surface area contributed by atoms with Crippen LogP contribution in [0.2, 0.25) is 0 Å². The summed E-state index contributed by atoms with van der Waals surface area (Å²) < 4.78 is 2.31. The van der Waals surface area contributed by atoms with Gasteiger partial charge in [-0.05, 0) is 144 Å². The number of aromatic hydroxyl groups is 1. The van der Waals surface area contributed by atoms with Crippen molar-refractivity contribution in [1.29, 1.82) is 0 Å². The van der Waals surface area contributed by atoms with E-state index in [-0.39, 0.29) is 38.2 Å². The highest BCUT2D eigenvalue weighted by Gasteiger charge is 2.36. The summed E-state index contributed by atoms with van der Waals surface area (Å²) in [4.78, 5) is 10.9. The molecule has 6 aromatic carbocycles. The van der Waals surface area contributed by atoms with Crippen molar-refractivity contribution < 1.29 is 5.11 Å². The molecule has 4 heteroatoms. The minimum Gasteiger partial charge on any atom is -0.507 e. The van der Waals surface area contributed by atoms with Crippen molar-refractivity contribution in [3.63, 3.8) is 0 Å². The number of hydrogen-bond acceptors (Lipinski definition) is 3. The van der Waals surface area contributed by atoms with Gasteiger partial charge in [0, 0.05) is 28.5 Å². The lowest BCUT2D eigenvalue weighted by Gasteiger charge is -2.32. The summed E-state index contributed by atoms with van der Waals surface area (Å²) >= 11 is 0. The van der Waals surface area contributed by atoms with Gasteiger partial charge in [-0.1, -0.05) is 196 Å². The molecule has 0 unspecified atom stereocenters. The molecule has 0 aliphatic heterocycles. The maximum Gasteiger partial charge on any atom is 0.149 e. The molecule has 2 aromatic heterocycles. The van der Waals surface area contributed by atoms with Crippen LogP contribution in [0.15, 0.2) is 134 Å². The fourth-order valence-electron chi connectivity index (χ4n) is 11.1. The van der Waals surface area contributed by atoms with Crippen LogP contribution in [0.5, 0.6) is 5.75 Å². The van der Waals surface area contributed by atoms with Crippen LogP contribution in [0.25, 0.3) is 72.7 Å². The maximum atomic E-state index is 12.7. The number of pyridine rings is 1. The highest BCUT2D eigenvalue weighted by atomic mass is 16.3. The first kappa shape index (κ1) is 49.7. The highest BCUT2D eigenvalue weighted by molar-refractivity contribution is 5.98. The van der Waals surface area contributed by atoms with E-state index in [1.54, 1.807) is 0 Å². The number of hydrogen-bond donors (Lipinski definition) is 1. The zero-order chi connectivity index (χ0) is 51.2. The molecule has 4 nitrogen and oxygen atoms in total. The number of benzene rings is 6. The van der Waals surface area contributed by atoms with E-state index >= 15 is 0 Å². The van der Waals surface area contributed by atoms with Gasteiger partial charge in [0.05, 0.1) is 28.0 Å². The Balaban J connectivity index is 1.33. The Morgan fingerprint density at radius 3 is 1.79 bits per heavy atom. The molecule has 2 heterocycles. The minimum absolute atomic E-state index is 0.0407. The van der Waals surface area contributed by atoms with Gasteiger partial charge in [-0.3, -0.25) is 9.55 Å². The number of rotatable bonds is 6. The third kappa shape index (κ3) is 9.40. The maximum absolute atomic E-state index is 12.7. The molecular weight excluding hydrogens is 863 g/mol. The van der Waals surface area contributed by atoms with Crippen LogP contribution in [0.3, 0.4) is 0 Å². The van der Waals surface area contributed by atoms with Crippen LogP contribution in [-0.2, 0) is 32.5 Å². The lowest BCUT2D eigenvalue weighted by molar-refractivity contribution is 0.433. The predicted molar refractivity (Wildman–Crippen MR) is 302 cm³/mol. The largest absolute Gasteiger partial charge is 0.507 e. The van der Waals surface area contributed by atoms with Gasteiger partial charge in [0.15, 0.2) is 0 Å². The molecule has 8 aromatic rings. The summed E-state index contributed by atoms with van der Waals surface area (Å²) in [7, 11) is 0. The molecule has 0 atom stereocenters. The van der Waals surface area contributed by atoms with Crippen molar-refractivity contribution in [2.24, 2.45) is 0 Å². The van der Waals surface area contributed by atoms with Gasteiger partial charge >= 0.3 is 0 Å². The molecule has 0 radical (unpaired) electrons. The van der Waals surface area contributed by atoms with E-state index in [0.29, 0.717) is 5.82 Å². The molecule has 9 rings (SSSR count). The Bertz CT molecular complexity index is 3320. The third-order valence-corrected chi connectivity index (χ3v) is 15.4. The van der Waals surface area contributed by atoms with E-state index in [9.17, 15) is 5.11 Å². The average molecular weight is 940 g/mol. The summed E-state index contributed by atoms with van der Waals surface area (Å²) in [5, 5.41) is 12.7. The Morgan fingerprint density at radius 2 is 1.11 bits per heavy atom. The molecule has 0 saturated carbocycles. The lowest BCUT2D eigenvalue weighted by Crippen LogP contribution is -2.23. The van der Waals surface area contributed by atoms with Gasteiger partial charge in [-0.2, -0.15) is 0 Å². The monoisotopic (exact) mass is 940 g/mol. The van der Waals surface area contributed by atoms with E-state index in [1.807, 2.05) is 6.20 Å². The second-order valence-corrected chi connectivity index (χ2v) is 26.0. The number of phenols is 1. The molecule has 1 aliphatic rings. The van der Waals surface area contributed by atoms with Gasteiger partial charge in [0.25, 0.3) is 0 Å². The van der Waals surface area contributed by atoms with E-state index in [1.165, 1.54) is 46.2 Å². The average Bonchev–Trinajstić information content (AvgIpc) is 3.65. The fraction of sp³-hybridized carbons (Fsp3) is 0.373. The summed E-state index contributed by atoms with van der Waals surface area (Å²) in [6.07, 6.45) is 5.55. The van der Waals surface area contributed by atoms with Crippen LogP contribution >= 0.6 is 0 Å². The summed E-state index contributed by atoms with van der Waals surface area (Å²) in [5.74, 6) is 0.971. The first-order chi connectivity index (χ1) is 33.1. The summed E-state index contributed by atoms with van der Waals surface area (Å²) in [6, 6.07) is 47.0. The van der Waals surface area contributed by atoms with Crippen molar-refractivity contribution in [3.05, 3.63) is 167 Å². The minimum atomic E-state index is -0.327. The van der Waals surface area contributed by atoms with Gasteiger partial charge in [-0.25, -0.2) is 4.98 Å². The first-order valence-corrected chi connectivity index (χ1v) is 26.0. The molecule has 0 fully saturated rings. The standard InChI is InChI=1S/C67H77N3O/c1-62(2,3)46-29-30-56(51(39-46)42-23-18-17-19-24-42)70-57-28-21-26-50(59(57)69-61(70)52-40-48(64(7,8)9)41-54(60(52)71)65(10,11)12)44-35-45(37-47(36-44)63(4,5)6)55-38-43(31-34-68-55)49-25-20-27-53-58(49)67(15,16)33-22-32-66(53,13)14/h17-21,23-31,34-41,71H,22,32-33H2,1-16H3. The van der Waals surface area contributed by atoms with Crippen LogP contribution < -0.4 is 0 Å². The fourth-order valence-corrected chi connectivity index (χ4v) is 11.1. The van der Waals surface area contributed by atoms with Crippen LogP contribution in [0.4, 0.5) is 0 Å². The van der Waals surface area contributed by atoms with E-state index < -0.39 is 0 Å². The normalized spacial score (nSPS) is 15.2. The molecule has 1 aliphatic carbocycles. The van der Waals surface area contributed by atoms with Gasteiger partial charge < -0.3 is 5.11 Å². The van der Waals surface area contributed by atoms with Crippen LogP contribution in [-0.4, -0.2) is 19.6 Å². The lowest BCUT2D eigenvalue weighted by atomic mass is 9.72. The van der Waals surface area contributed by atoms with E-state index in [4.69, 9.17) is 9.97 Å². The predicted octanol–water partition coefficient (Wildman–Crippen LogP) is 18.4. The molecule has 366 valence electrons. The molecule has 0 saturated heterocycles. The number of phenolic OH excluding ortho intramolecular Hbond substituents is 1. The Morgan fingerprint density at radius 1 is 0.493 bits per heavy atom. The molecule has 1 N–H and O–H groups in total. The zero-order valence-corrected chi connectivity index (χ0v) is 45.6.